The first kappa shape index (κ1) is 12.2. The number of nitrogens with zero attached hydrogens (tertiary/aromatic N) is 1. The van der Waals surface area contributed by atoms with E-state index in [-0.39, 0.29) is 0 Å². The van der Waals surface area contributed by atoms with E-state index in [1.165, 1.54) is 0 Å². The summed E-state index contributed by atoms with van der Waals surface area (Å²) in [7, 11) is 0. The molecule has 1 heterocycles. The highest BCUT2D eigenvalue weighted by Gasteiger charge is 2.12. The van der Waals surface area contributed by atoms with Crippen molar-refractivity contribution < 1.29 is 0 Å². The molecule has 0 atom stereocenters. The quantitative estimate of drug-likeness (QED) is 0.731. The molecule has 2 aromatic carbocycles. The lowest BCUT2D eigenvalue weighted by Gasteiger charge is -2.00. The van der Waals surface area contributed by atoms with Crippen LogP contribution in [0.5, 0.6) is 0 Å². The van der Waals surface area contributed by atoms with Gasteiger partial charge in [0.2, 0.25) is 0 Å². The largest absolute Gasteiger partial charge is 0.345 e. The Kier molecular flexibility index (Phi) is 3.20. The highest BCUT2D eigenvalue weighted by molar-refractivity contribution is 7.99. The molecule has 0 saturated heterocycles. The fourth-order valence-electron chi connectivity index (χ4n) is 1.93. The van der Waals surface area contributed by atoms with Crippen molar-refractivity contribution in [2.45, 2.75) is 9.79 Å². The lowest BCUT2D eigenvalue weighted by Crippen LogP contribution is -1.77. The number of nitriles is 1. The maximum atomic E-state index is 9.24. The van der Waals surface area contributed by atoms with E-state index in [1.807, 2.05) is 48.5 Å². The van der Waals surface area contributed by atoms with Gasteiger partial charge in [-0.25, -0.2) is 0 Å². The fraction of sp³-hybridized carbons (Fsp3) is 0. The summed E-state index contributed by atoms with van der Waals surface area (Å²) < 4.78 is 0. The molecule has 0 aliphatic rings. The van der Waals surface area contributed by atoms with Crippen molar-refractivity contribution in [3.05, 3.63) is 59.2 Å². The summed E-state index contributed by atoms with van der Waals surface area (Å²) in [4.78, 5) is 5.14. The molecule has 0 aliphatic carbocycles. The average Bonchev–Trinajstić information content (AvgIpc) is 2.78. The molecule has 3 rings (SSSR count). The third-order valence-corrected chi connectivity index (χ3v) is 4.16. The molecule has 0 bridgehead atoms. The second kappa shape index (κ2) is 5.00. The van der Waals surface area contributed by atoms with Crippen LogP contribution in [0.25, 0.3) is 10.9 Å². The maximum Gasteiger partial charge on any atom is 0.132 e. The molecular formula is C15H9ClN2S. The Morgan fingerprint density at radius 1 is 1.11 bits per heavy atom. The Morgan fingerprint density at radius 2 is 1.89 bits per heavy atom. The second-order valence-corrected chi connectivity index (χ2v) is 5.57. The van der Waals surface area contributed by atoms with Gasteiger partial charge in [-0.05, 0) is 30.3 Å². The summed E-state index contributed by atoms with van der Waals surface area (Å²) in [5, 5.41) is 10.9. The van der Waals surface area contributed by atoms with Gasteiger partial charge >= 0.3 is 0 Å². The normalized spacial score (nSPS) is 10.5. The Labute approximate surface area is 120 Å². The zero-order chi connectivity index (χ0) is 13.2. The van der Waals surface area contributed by atoms with Gasteiger partial charge < -0.3 is 4.98 Å². The van der Waals surface area contributed by atoms with Gasteiger partial charge in [-0.1, -0.05) is 41.6 Å². The highest BCUT2D eigenvalue weighted by atomic mass is 35.5. The first-order valence-corrected chi connectivity index (χ1v) is 6.91. The number of benzene rings is 2. The Hall–Kier alpha value is -1.89. The van der Waals surface area contributed by atoms with Crippen molar-refractivity contribution >= 4 is 34.3 Å². The molecule has 0 amide bonds. The number of hydrogen-bond acceptors (Lipinski definition) is 2. The molecule has 0 unspecified atom stereocenters. The first-order valence-electron chi connectivity index (χ1n) is 5.72. The van der Waals surface area contributed by atoms with Gasteiger partial charge in [0.15, 0.2) is 0 Å². The van der Waals surface area contributed by atoms with E-state index < -0.39 is 0 Å². The first-order chi connectivity index (χ1) is 9.28. The summed E-state index contributed by atoms with van der Waals surface area (Å²) in [6.45, 7) is 0. The van der Waals surface area contributed by atoms with Gasteiger partial charge in [0.1, 0.15) is 11.8 Å². The van der Waals surface area contributed by atoms with Crippen LogP contribution >= 0.6 is 23.4 Å². The number of rotatable bonds is 2. The maximum absolute atomic E-state index is 9.24. The van der Waals surface area contributed by atoms with Crippen molar-refractivity contribution in [3.63, 3.8) is 0 Å². The molecular weight excluding hydrogens is 276 g/mol. The van der Waals surface area contributed by atoms with Crippen LogP contribution in [0, 0.1) is 11.3 Å². The van der Waals surface area contributed by atoms with Crippen molar-refractivity contribution in [3.8, 4) is 6.07 Å². The monoisotopic (exact) mass is 284 g/mol. The molecule has 4 heteroatoms. The van der Waals surface area contributed by atoms with E-state index in [0.29, 0.717) is 10.7 Å². The molecule has 0 radical (unpaired) electrons. The number of aromatic nitrogens is 1. The minimum absolute atomic E-state index is 0.575. The zero-order valence-corrected chi connectivity index (χ0v) is 11.4. The van der Waals surface area contributed by atoms with E-state index in [0.717, 1.165) is 20.7 Å². The minimum atomic E-state index is 0.575. The van der Waals surface area contributed by atoms with E-state index in [9.17, 15) is 5.26 Å². The molecule has 92 valence electrons. The molecule has 1 aromatic heterocycles. The van der Waals surface area contributed by atoms with E-state index in [1.54, 1.807) is 11.8 Å². The van der Waals surface area contributed by atoms with Crippen LogP contribution in [0.3, 0.4) is 0 Å². The van der Waals surface area contributed by atoms with Gasteiger partial charge in [-0.15, -0.1) is 0 Å². The van der Waals surface area contributed by atoms with Crippen LogP contribution in [0.4, 0.5) is 0 Å². The summed E-state index contributed by atoms with van der Waals surface area (Å²) in [5.41, 5.74) is 1.51. The number of aromatic amines is 1. The van der Waals surface area contributed by atoms with Crippen molar-refractivity contribution in [2.75, 3.05) is 0 Å². The predicted octanol–water partition coefficient (Wildman–Crippen LogP) is 4.84. The van der Waals surface area contributed by atoms with Gasteiger partial charge in [0.25, 0.3) is 0 Å². The third-order valence-electron chi connectivity index (χ3n) is 2.79. The van der Waals surface area contributed by atoms with Gasteiger partial charge in [0, 0.05) is 20.8 Å². The molecule has 0 aliphatic heterocycles. The van der Waals surface area contributed by atoms with Gasteiger partial charge in [0.05, 0.1) is 4.90 Å². The van der Waals surface area contributed by atoms with Gasteiger partial charge in [-0.3, -0.25) is 0 Å². The molecule has 3 aromatic rings. The third kappa shape index (κ3) is 2.33. The smallest absolute Gasteiger partial charge is 0.132 e. The van der Waals surface area contributed by atoms with Crippen LogP contribution in [-0.2, 0) is 0 Å². The summed E-state index contributed by atoms with van der Waals surface area (Å²) >= 11 is 7.61. The molecule has 1 N–H and O–H groups in total. The molecule has 0 spiro atoms. The predicted molar refractivity (Wildman–Crippen MR) is 78.6 cm³/mol. The van der Waals surface area contributed by atoms with Crippen molar-refractivity contribution in [1.82, 2.24) is 4.98 Å². The Balaban J connectivity index is 2.16. The average molecular weight is 285 g/mol. The zero-order valence-electron chi connectivity index (χ0n) is 9.85. The second-order valence-electron chi connectivity index (χ2n) is 4.05. The molecule has 2 nitrogen and oxygen atoms in total. The van der Waals surface area contributed by atoms with Crippen molar-refractivity contribution in [2.24, 2.45) is 0 Å². The topological polar surface area (TPSA) is 39.6 Å². The molecule has 0 saturated carbocycles. The minimum Gasteiger partial charge on any atom is -0.345 e. The number of H-pyrrole nitrogens is 1. The summed E-state index contributed by atoms with van der Waals surface area (Å²) in [6.07, 6.45) is 0. The number of nitrogens with one attached hydrogen (secondary N) is 1. The number of hydrogen-bond donors (Lipinski definition) is 1. The van der Waals surface area contributed by atoms with Crippen LogP contribution in [0.2, 0.25) is 5.02 Å². The van der Waals surface area contributed by atoms with Crippen molar-refractivity contribution in [1.29, 1.82) is 5.26 Å². The Bertz CT molecular complexity index is 772. The number of halogens is 1. The standard InChI is InChI=1S/C15H9ClN2S/c16-10-6-7-13-12(8-10)15(14(9-17)18-13)19-11-4-2-1-3-5-11/h1-8,18H. The van der Waals surface area contributed by atoms with Crippen LogP contribution < -0.4 is 0 Å². The van der Waals surface area contributed by atoms with Crippen LogP contribution in [0.1, 0.15) is 5.69 Å². The van der Waals surface area contributed by atoms with E-state index in [4.69, 9.17) is 11.6 Å². The van der Waals surface area contributed by atoms with Crippen LogP contribution in [-0.4, -0.2) is 4.98 Å². The molecule has 19 heavy (non-hydrogen) atoms. The Morgan fingerprint density at radius 3 is 2.63 bits per heavy atom. The lowest BCUT2D eigenvalue weighted by atomic mass is 10.2. The van der Waals surface area contributed by atoms with E-state index in [2.05, 4.69) is 11.1 Å². The molecule has 0 fully saturated rings. The van der Waals surface area contributed by atoms with E-state index >= 15 is 0 Å². The number of fused-ring (bicyclic) bond motifs is 1. The van der Waals surface area contributed by atoms with Crippen LogP contribution in [0.15, 0.2) is 58.3 Å². The summed E-state index contributed by atoms with van der Waals surface area (Å²) in [6, 6.07) is 17.8. The SMILES string of the molecule is N#Cc1[nH]c2ccc(Cl)cc2c1Sc1ccccc1. The fourth-order valence-corrected chi connectivity index (χ4v) is 3.11. The van der Waals surface area contributed by atoms with Gasteiger partial charge in [-0.2, -0.15) is 5.26 Å². The summed E-state index contributed by atoms with van der Waals surface area (Å²) in [5.74, 6) is 0. The highest BCUT2D eigenvalue weighted by Crippen LogP contribution is 2.37. The lowest BCUT2D eigenvalue weighted by molar-refractivity contribution is 1.30.